The van der Waals surface area contributed by atoms with E-state index in [0.717, 1.165) is 0 Å². The molecule has 0 spiro atoms. The minimum Gasteiger partial charge on any atom is -0.397 e. The average molecular weight is 283 g/mol. The molecule has 1 aliphatic rings. The molecule has 7 heteroatoms. The Hall–Kier alpha value is -2.59. The van der Waals surface area contributed by atoms with Crippen LogP contribution in [0.2, 0.25) is 0 Å². The summed E-state index contributed by atoms with van der Waals surface area (Å²) in [4.78, 5) is 20.9. The van der Waals surface area contributed by atoms with Gasteiger partial charge in [-0.2, -0.15) is 5.26 Å². The van der Waals surface area contributed by atoms with Crippen molar-refractivity contribution in [3.63, 3.8) is 0 Å². The van der Waals surface area contributed by atoms with Crippen LogP contribution in [-0.4, -0.2) is 20.8 Å². The Morgan fingerprint density at radius 1 is 1.50 bits per heavy atom. The van der Waals surface area contributed by atoms with E-state index in [2.05, 4.69) is 9.97 Å². The number of nitrogens with two attached hydrogens (primary N) is 1. The van der Waals surface area contributed by atoms with Crippen molar-refractivity contribution in [1.29, 1.82) is 5.26 Å². The van der Waals surface area contributed by atoms with E-state index in [-0.39, 0.29) is 11.3 Å². The lowest BCUT2D eigenvalue weighted by Gasteiger charge is -2.15. The number of anilines is 1. The number of fused-ring (bicyclic) bond motifs is 1. The van der Waals surface area contributed by atoms with Crippen LogP contribution in [0.4, 0.5) is 5.69 Å². The highest BCUT2D eigenvalue weighted by Crippen LogP contribution is 2.25. The van der Waals surface area contributed by atoms with Gasteiger partial charge in [-0.1, -0.05) is 17.8 Å². The summed E-state index contributed by atoms with van der Waals surface area (Å²) in [6, 6.07) is 1.86. The molecule has 0 aromatic carbocycles. The fourth-order valence-corrected chi connectivity index (χ4v) is 2.29. The molecule has 3 rings (SSSR count). The topological polar surface area (TPSA) is 97.6 Å². The third kappa shape index (κ3) is 1.62. The largest absolute Gasteiger partial charge is 0.397 e. The summed E-state index contributed by atoms with van der Waals surface area (Å²) >= 11 is 1.37. The van der Waals surface area contributed by atoms with Crippen molar-refractivity contribution in [2.24, 2.45) is 0 Å². The number of hydrogen-bond acceptors (Lipinski definition) is 6. The number of pyridine rings is 1. The fourth-order valence-electron chi connectivity index (χ4n) is 1.95. The Labute approximate surface area is 118 Å². The first-order chi connectivity index (χ1) is 9.67. The van der Waals surface area contributed by atoms with Gasteiger partial charge in [-0.25, -0.2) is 9.97 Å². The number of rotatable bonds is 2. The predicted molar refractivity (Wildman–Crippen MR) is 78.1 cm³/mol. The van der Waals surface area contributed by atoms with Gasteiger partial charge < -0.3 is 5.73 Å². The van der Waals surface area contributed by atoms with E-state index in [1.165, 1.54) is 16.3 Å². The van der Waals surface area contributed by atoms with Crippen LogP contribution < -0.4 is 11.3 Å². The highest BCUT2D eigenvalue weighted by Gasteiger charge is 2.19. The second-order valence-corrected chi connectivity index (χ2v) is 4.86. The van der Waals surface area contributed by atoms with Crippen molar-refractivity contribution >= 4 is 34.2 Å². The van der Waals surface area contributed by atoms with Crippen LogP contribution >= 0.6 is 11.8 Å². The Morgan fingerprint density at radius 3 is 2.80 bits per heavy atom. The van der Waals surface area contributed by atoms with E-state index in [1.54, 1.807) is 18.3 Å². The monoisotopic (exact) mass is 283 g/mol. The van der Waals surface area contributed by atoms with Crippen molar-refractivity contribution in [2.75, 3.05) is 12.0 Å². The quantitative estimate of drug-likeness (QED) is 0.660. The smallest absolute Gasteiger partial charge is 0.276 e. The number of thioether (sulfide) groups is 1. The maximum atomic E-state index is 12.4. The number of allylic oxidation sites excluding steroid dienone is 4. The lowest BCUT2D eigenvalue weighted by atomic mass is 10.1. The second kappa shape index (κ2) is 4.51. The first-order valence-corrected chi connectivity index (χ1v) is 6.94. The van der Waals surface area contributed by atoms with Gasteiger partial charge in [-0.05, 0) is 18.4 Å². The highest BCUT2D eigenvalue weighted by molar-refractivity contribution is 7.98. The van der Waals surface area contributed by atoms with Gasteiger partial charge in [0.25, 0.3) is 5.56 Å². The molecule has 6 nitrogen and oxygen atoms in total. The van der Waals surface area contributed by atoms with Crippen LogP contribution in [0.5, 0.6) is 0 Å². The summed E-state index contributed by atoms with van der Waals surface area (Å²) < 4.78 is 1.39. The van der Waals surface area contributed by atoms with E-state index in [1.807, 2.05) is 18.4 Å². The molecule has 0 aliphatic heterocycles. The molecular weight excluding hydrogens is 274 g/mol. The molecule has 0 amide bonds. The molecule has 2 aromatic heterocycles. The van der Waals surface area contributed by atoms with E-state index in [9.17, 15) is 4.79 Å². The zero-order valence-electron chi connectivity index (χ0n) is 10.5. The normalized spacial score (nSPS) is 12.9. The van der Waals surface area contributed by atoms with Gasteiger partial charge >= 0.3 is 0 Å². The van der Waals surface area contributed by atoms with Crippen molar-refractivity contribution in [3.05, 3.63) is 40.3 Å². The number of nitrogen functional groups attached to an aromatic ring is 1. The lowest BCUT2D eigenvalue weighted by Crippen LogP contribution is -2.25. The summed E-state index contributed by atoms with van der Waals surface area (Å²) in [5.41, 5.74) is 6.57. The molecule has 0 bridgehead atoms. The minimum atomic E-state index is -0.459. The Bertz CT molecular complexity index is 888. The average Bonchev–Trinajstić information content (AvgIpc) is 2.41. The van der Waals surface area contributed by atoms with E-state index in [4.69, 9.17) is 11.0 Å². The zero-order valence-corrected chi connectivity index (χ0v) is 11.3. The summed E-state index contributed by atoms with van der Waals surface area (Å²) in [5, 5.41) is 10.2. The van der Waals surface area contributed by atoms with Crippen LogP contribution in [0.15, 0.2) is 34.4 Å². The van der Waals surface area contributed by atoms with Gasteiger partial charge in [0.1, 0.15) is 11.6 Å². The molecule has 1 aliphatic carbocycles. The summed E-state index contributed by atoms with van der Waals surface area (Å²) in [7, 11) is 0. The van der Waals surface area contributed by atoms with Gasteiger partial charge in [0.15, 0.2) is 10.8 Å². The van der Waals surface area contributed by atoms with Gasteiger partial charge in [-0.3, -0.25) is 9.36 Å². The standard InChI is InChI=1S/C13H9N5OS/c1-20-13-16-6-9-10(15)8(5-14)12(19)18(11(9)17-13)7-3-2-4-7/h2-4,6H,15H2,1H3. The van der Waals surface area contributed by atoms with Crippen LogP contribution in [0.3, 0.4) is 0 Å². The van der Waals surface area contributed by atoms with Crippen LogP contribution in [0, 0.1) is 11.3 Å². The number of nitriles is 1. The maximum absolute atomic E-state index is 12.4. The lowest BCUT2D eigenvalue weighted by molar-refractivity contribution is 0.947. The maximum Gasteiger partial charge on any atom is 0.276 e. The van der Waals surface area contributed by atoms with Crippen molar-refractivity contribution in [3.8, 4) is 6.07 Å². The van der Waals surface area contributed by atoms with Crippen LogP contribution in [0.25, 0.3) is 16.7 Å². The Morgan fingerprint density at radius 2 is 2.25 bits per heavy atom. The number of hydrogen-bond donors (Lipinski definition) is 1. The molecule has 2 heterocycles. The van der Waals surface area contributed by atoms with Crippen LogP contribution in [0.1, 0.15) is 5.56 Å². The predicted octanol–water partition coefficient (Wildman–Crippen LogP) is 1.38. The Balaban J connectivity index is 2.50. The molecule has 0 radical (unpaired) electrons. The first kappa shape index (κ1) is 12.4. The molecule has 0 unspecified atom stereocenters. The third-order valence-corrected chi connectivity index (χ3v) is 3.58. The molecule has 2 aromatic rings. The molecule has 0 saturated heterocycles. The molecule has 2 N–H and O–H groups in total. The van der Waals surface area contributed by atoms with E-state index >= 15 is 0 Å². The minimum absolute atomic E-state index is 0.0841. The Kier molecular flexibility index (Phi) is 2.80. The molecule has 0 atom stereocenters. The molecule has 0 fully saturated rings. The third-order valence-electron chi connectivity index (χ3n) is 3.02. The molecule has 0 saturated carbocycles. The fraction of sp³-hybridized carbons (Fsp3) is 0.0769. The molecule has 20 heavy (non-hydrogen) atoms. The first-order valence-electron chi connectivity index (χ1n) is 5.71. The van der Waals surface area contributed by atoms with Gasteiger partial charge in [0.2, 0.25) is 0 Å². The van der Waals surface area contributed by atoms with E-state index in [0.29, 0.717) is 21.9 Å². The zero-order chi connectivity index (χ0) is 14.3. The van der Waals surface area contributed by atoms with E-state index < -0.39 is 5.56 Å². The van der Waals surface area contributed by atoms with Crippen molar-refractivity contribution in [1.82, 2.24) is 14.5 Å². The molecule has 98 valence electrons. The molecular formula is C13H9N5OS. The van der Waals surface area contributed by atoms with Crippen molar-refractivity contribution in [2.45, 2.75) is 5.16 Å². The summed E-state index contributed by atoms with van der Waals surface area (Å²) in [6.45, 7) is 0. The summed E-state index contributed by atoms with van der Waals surface area (Å²) in [6.07, 6.45) is 8.76. The van der Waals surface area contributed by atoms with Gasteiger partial charge in [0.05, 0.1) is 16.8 Å². The number of aromatic nitrogens is 3. The van der Waals surface area contributed by atoms with Crippen molar-refractivity contribution < 1.29 is 0 Å². The second-order valence-electron chi connectivity index (χ2n) is 4.09. The summed E-state index contributed by atoms with van der Waals surface area (Å²) in [5.74, 6) is 0. The van der Waals surface area contributed by atoms with Gasteiger partial charge in [0, 0.05) is 6.20 Å². The number of nitrogens with zero attached hydrogens (tertiary/aromatic N) is 4. The SMILES string of the molecule is CSc1ncc2c(N)c(C#N)c(=O)n(C3=CC=C3)c2n1. The van der Waals surface area contributed by atoms with Gasteiger partial charge in [-0.15, -0.1) is 0 Å². The highest BCUT2D eigenvalue weighted by atomic mass is 32.2. The van der Waals surface area contributed by atoms with Crippen LogP contribution in [-0.2, 0) is 0 Å².